The van der Waals surface area contributed by atoms with E-state index in [0.717, 1.165) is 5.57 Å². The molecular weight excluding hydrogens is 262 g/mol. The molecule has 3 rings (SSSR count). The number of esters is 1. The van der Waals surface area contributed by atoms with E-state index in [2.05, 4.69) is 29.3 Å². The molecule has 21 heavy (non-hydrogen) atoms. The number of hydrogen-bond donors (Lipinski definition) is 0. The first-order valence-corrected chi connectivity index (χ1v) is 6.87. The van der Waals surface area contributed by atoms with E-state index in [1.807, 2.05) is 36.4 Å². The van der Waals surface area contributed by atoms with E-state index in [4.69, 9.17) is 4.74 Å². The standard InChI is InChI=1S/C18H15NO2/c1-2-16-18(20)21-17(19-16)15-10-6-9-14(11-12-15)13-7-4-3-5-8-13/h2-12,14H,1H3/b16-2+. The number of allylic oxidation sites excluding steroid dienone is 5. The summed E-state index contributed by atoms with van der Waals surface area (Å²) in [5.74, 6) is 0.177. The average Bonchev–Trinajstić information content (AvgIpc) is 2.74. The Hall–Kier alpha value is -2.68. The van der Waals surface area contributed by atoms with Crippen LogP contribution in [0.4, 0.5) is 0 Å². The second-order valence-electron chi connectivity index (χ2n) is 4.78. The lowest BCUT2D eigenvalue weighted by Crippen LogP contribution is -2.05. The van der Waals surface area contributed by atoms with Crippen LogP contribution in [0, 0.1) is 0 Å². The minimum absolute atomic E-state index is 0.207. The minimum atomic E-state index is -0.394. The zero-order valence-electron chi connectivity index (χ0n) is 11.7. The molecular formula is C18H15NO2. The van der Waals surface area contributed by atoms with Crippen molar-refractivity contribution in [1.82, 2.24) is 0 Å². The molecule has 0 N–H and O–H groups in total. The maximum Gasteiger partial charge on any atom is 0.363 e. The maximum atomic E-state index is 11.6. The zero-order chi connectivity index (χ0) is 14.7. The first-order valence-electron chi connectivity index (χ1n) is 6.87. The van der Waals surface area contributed by atoms with Crippen molar-refractivity contribution in [3.8, 4) is 0 Å². The molecule has 1 heterocycles. The lowest BCUT2D eigenvalue weighted by Gasteiger charge is -2.06. The van der Waals surface area contributed by atoms with Gasteiger partial charge in [0.15, 0.2) is 0 Å². The molecule has 1 aliphatic heterocycles. The van der Waals surface area contributed by atoms with Crippen LogP contribution in [-0.4, -0.2) is 11.9 Å². The fourth-order valence-electron chi connectivity index (χ4n) is 2.27. The summed E-state index contributed by atoms with van der Waals surface area (Å²) in [6.07, 6.45) is 11.7. The van der Waals surface area contributed by atoms with Crippen LogP contribution >= 0.6 is 0 Å². The van der Waals surface area contributed by atoms with Gasteiger partial charge >= 0.3 is 5.97 Å². The van der Waals surface area contributed by atoms with Crippen molar-refractivity contribution in [3.63, 3.8) is 0 Å². The first-order chi connectivity index (χ1) is 10.3. The summed E-state index contributed by atoms with van der Waals surface area (Å²) in [5, 5.41) is 0. The van der Waals surface area contributed by atoms with Gasteiger partial charge in [-0.25, -0.2) is 9.79 Å². The molecule has 0 radical (unpaired) electrons. The van der Waals surface area contributed by atoms with Crippen LogP contribution in [0.3, 0.4) is 0 Å². The van der Waals surface area contributed by atoms with Gasteiger partial charge in [0.05, 0.1) is 0 Å². The van der Waals surface area contributed by atoms with Crippen molar-refractivity contribution in [1.29, 1.82) is 0 Å². The summed E-state index contributed by atoms with van der Waals surface area (Å²) in [6.45, 7) is 1.77. The zero-order valence-corrected chi connectivity index (χ0v) is 11.7. The quantitative estimate of drug-likeness (QED) is 0.611. The molecule has 1 atom stereocenters. The smallest absolute Gasteiger partial charge is 0.363 e. The lowest BCUT2D eigenvalue weighted by molar-refractivity contribution is -0.130. The van der Waals surface area contributed by atoms with Crippen LogP contribution in [0.25, 0.3) is 0 Å². The fourth-order valence-corrected chi connectivity index (χ4v) is 2.27. The normalized spacial score (nSPS) is 22.8. The average molecular weight is 277 g/mol. The topological polar surface area (TPSA) is 38.7 Å². The molecule has 3 heteroatoms. The summed E-state index contributed by atoms with van der Waals surface area (Å²) in [7, 11) is 0. The highest BCUT2D eigenvalue weighted by Crippen LogP contribution is 2.24. The van der Waals surface area contributed by atoms with Gasteiger partial charge in [0, 0.05) is 11.5 Å². The van der Waals surface area contributed by atoms with Crippen molar-refractivity contribution >= 4 is 11.9 Å². The molecule has 1 aromatic carbocycles. The molecule has 1 aromatic rings. The molecule has 0 saturated heterocycles. The van der Waals surface area contributed by atoms with Gasteiger partial charge in [-0.15, -0.1) is 0 Å². The molecule has 0 aromatic heterocycles. The van der Waals surface area contributed by atoms with Gasteiger partial charge in [0.2, 0.25) is 5.90 Å². The van der Waals surface area contributed by atoms with Gasteiger partial charge < -0.3 is 4.74 Å². The molecule has 1 unspecified atom stereocenters. The van der Waals surface area contributed by atoms with E-state index in [-0.39, 0.29) is 5.92 Å². The Kier molecular flexibility index (Phi) is 3.65. The Morgan fingerprint density at radius 1 is 1.19 bits per heavy atom. The number of benzene rings is 1. The van der Waals surface area contributed by atoms with Crippen LogP contribution in [0.2, 0.25) is 0 Å². The molecule has 0 amide bonds. The molecule has 104 valence electrons. The van der Waals surface area contributed by atoms with Crippen molar-refractivity contribution in [2.45, 2.75) is 12.8 Å². The Balaban J connectivity index is 1.84. The Morgan fingerprint density at radius 2 is 2.00 bits per heavy atom. The maximum absolute atomic E-state index is 11.6. The highest BCUT2D eigenvalue weighted by Gasteiger charge is 2.24. The molecule has 0 saturated carbocycles. The summed E-state index contributed by atoms with van der Waals surface area (Å²) in [4.78, 5) is 15.8. The molecule has 0 fully saturated rings. The van der Waals surface area contributed by atoms with E-state index in [0.29, 0.717) is 11.6 Å². The first kappa shape index (κ1) is 13.3. The van der Waals surface area contributed by atoms with E-state index in [1.165, 1.54) is 5.56 Å². The second kappa shape index (κ2) is 5.75. The van der Waals surface area contributed by atoms with Crippen molar-refractivity contribution in [2.75, 3.05) is 0 Å². The lowest BCUT2D eigenvalue weighted by atomic mass is 9.98. The minimum Gasteiger partial charge on any atom is -0.402 e. The van der Waals surface area contributed by atoms with Gasteiger partial charge in [0.1, 0.15) is 5.70 Å². The van der Waals surface area contributed by atoms with Gasteiger partial charge in [-0.1, -0.05) is 60.7 Å². The largest absolute Gasteiger partial charge is 0.402 e. The highest BCUT2D eigenvalue weighted by atomic mass is 16.6. The summed E-state index contributed by atoms with van der Waals surface area (Å²) in [5.41, 5.74) is 2.38. The number of nitrogens with zero attached hydrogens (tertiary/aromatic N) is 1. The third-order valence-electron chi connectivity index (χ3n) is 3.40. The SMILES string of the molecule is C/C=C1/N=C(C2=CC=CC(c3ccccc3)C=C2)OC1=O. The van der Waals surface area contributed by atoms with Gasteiger partial charge in [-0.05, 0) is 18.6 Å². The van der Waals surface area contributed by atoms with Crippen LogP contribution in [0.1, 0.15) is 18.4 Å². The van der Waals surface area contributed by atoms with Gasteiger partial charge in [-0.3, -0.25) is 0 Å². The van der Waals surface area contributed by atoms with E-state index >= 15 is 0 Å². The van der Waals surface area contributed by atoms with Crippen molar-refractivity contribution < 1.29 is 9.53 Å². The van der Waals surface area contributed by atoms with Crippen LogP contribution < -0.4 is 0 Å². The van der Waals surface area contributed by atoms with Crippen molar-refractivity contribution in [2.24, 2.45) is 4.99 Å². The number of hydrogen-bond acceptors (Lipinski definition) is 3. The predicted octanol–water partition coefficient (Wildman–Crippen LogP) is 3.68. The van der Waals surface area contributed by atoms with Crippen LogP contribution in [-0.2, 0) is 9.53 Å². The summed E-state index contributed by atoms with van der Waals surface area (Å²) in [6, 6.07) is 10.2. The summed E-state index contributed by atoms with van der Waals surface area (Å²) < 4.78 is 5.19. The number of rotatable bonds is 2. The molecule has 0 bridgehead atoms. The highest BCUT2D eigenvalue weighted by molar-refractivity contribution is 6.12. The third-order valence-corrected chi connectivity index (χ3v) is 3.40. The Morgan fingerprint density at radius 3 is 2.71 bits per heavy atom. The van der Waals surface area contributed by atoms with Crippen LogP contribution in [0.5, 0.6) is 0 Å². The number of cyclic esters (lactones) is 1. The molecule has 0 spiro atoms. The number of carbonyl (C=O) groups is 1. The number of carbonyl (C=O) groups excluding carboxylic acids is 1. The van der Waals surface area contributed by atoms with Gasteiger partial charge in [-0.2, -0.15) is 0 Å². The van der Waals surface area contributed by atoms with E-state index in [1.54, 1.807) is 13.0 Å². The molecule has 1 aliphatic carbocycles. The monoisotopic (exact) mass is 277 g/mol. The van der Waals surface area contributed by atoms with Gasteiger partial charge in [0.25, 0.3) is 0 Å². The van der Waals surface area contributed by atoms with E-state index in [9.17, 15) is 4.79 Å². The molecule has 3 nitrogen and oxygen atoms in total. The Labute approximate surface area is 123 Å². The number of ether oxygens (including phenoxy) is 1. The number of aliphatic imine (C=N–C) groups is 1. The Bertz CT molecular complexity index is 706. The second-order valence-corrected chi connectivity index (χ2v) is 4.78. The van der Waals surface area contributed by atoms with E-state index < -0.39 is 5.97 Å². The third kappa shape index (κ3) is 2.77. The predicted molar refractivity (Wildman–Crippen MR) is 82.8 cm³/mol. The molecule has 2 aliphatic rings. The van der Waals surface area contributed by atoms with Crippen LogP contribution in [0.15, 0.2) is 83.1 Å². The fraction of sp³-hybridized carbons (Fsp3) is 0.111. The van der Waals surface area contributed by atoms with Crippen molar-refractivity contribution in [3.05, 3.63) is 83.6 Å². The summed E-state index contributed by atoms with van der Waals surface area (Å²) >= 11 is 0.